The molecule has 0 saturated heterocycles. The van der Waals surface area contributed by atoms with E-state index < -0.39 is 0 Å². The minimum absolute atomic E-state index is 0.419. The summed E-state index contributed by atoms with van der Waals surface area (Å²) in [6.45, 7) is 4.19. The van der Waals surface area contributed by atoms with Crippen molar-refractivity contribution in [1.82, 2.24) is 19.7 Å². The first-order valence-corrected chi connectivity index (χ1v) is 5.03. The van der Waals surface area contributed by atoms with Crippen LogP contribution in [0.1, 0.15) is 35.7 Å². The molecule has 2 aromatic rings. The summed E-state index contributed by atoms with van der Waals surface area (Å²) in [6.07, 6.45) is 7.35. The van der Waals surface area contributed by atoms with Gasteiger partial charge in [0, 0.05) is 18.6 Å². The number of aromatic nitrogens is 4. The number of hydrogen-bond acceptors (Lipinski definition) is 4. The molecule has 0 atom stereocenters. The number of hydrogen-bond donors (Lipinski definition) is 0. The summed E-state index contributed by atoms with van der Waals surface area (Å²) in [5.74, 6) is 0.889. The summed E-state index contributed by atoms with van der Waals surface area (Å²) in [7, 11) is 0. The summed E-state index contributed by atoms with van der Waals surface area (Å²) in [5.41, 5.74) is 1.59. The lowest BCUT2D eigenvalue weighted by molar-refractivity contribution is 0.112. The van der Waals surface area contributed by atoms with Crippen LogP contribution in [0.5, 0.6) is 0 Å². The molecular formula is C11H12N4O. The topological polar surface area (TPSA) is 60.7 Å². The van der Waals surface area contributed by atoms with Crippen molar-refractivity contribution in [3.63, 3.8) is 0 Å². The molecular weight excluding hydrogens is 204 g/mol. The molecule has 0 N–H and O–H groups in total. The van der Waals surface area contributed by atoms with Crippen molar-refractivity contribution in [2.75, 3.05) is 0 Å². The van der Waals surface area contributed by atoms with Crippen molar-refractivity contribution in [3.05, 3.63) is 35.9 Å². The van der Waals surface area contributed by atoms with E-state index >= 15 is 0 Å². The van der Waals surface area contributed by atoms with Gasteiger partial charge in [-0.05, 0) is 11.5 Å². The van der Waals surface area contributed by atoms with Crippen LogP contribution in [-0.4, -0.2) is 26.0 Å². The van der Waals surface area contributed by atoms with Gasteiger partial charge >= 0.3 is 0 Å². The Hall–Kier alpha value is -2.04. The summed E-state index contributed by atoms with van der Waals surface area (Å²) in [4.78, 5) is 18.5. The molecule has 2 heterocycles. The Kier molecular flexibility index (Phi) is 2.76. The summed E-state index contributed by atoms with van der Waals surface area (Å²) in [5, 5.41) is 4.17. The van der Waals surface area contributed by atoms with E-state index in [0.29, 0.717) is 23.7 Å². The minimum Gasteiger partial charge on any atom is -0.298 e. The molecule has 2 aromatic heterocycles. The molecule has 0 bridgehead atoms. The number of carbonyl (C=O) groups excluding carboxylic acids is 1. The van der Waals surface area contributed by atoms with Gasteiger partial charge in [0.1, 0.15) is 0 Å². The highest BCUT2D eigenvalue weighted by atomic mass is 16.1. The third kappa shape index (κ3) is 1.98. The second kappa shape index (κ2) is 4.22. The summed E-state index contributed by atoms with van der Waals surface area (Å²) < 4.78 is 1.60. The zero-order valence-corrected chi connectivity index (χ0v) is 9.16. The van der Waals surface area contributed by atoms with Gasteiger partial charge in [-0.2, -0.15) is 5.10 Å². The number of aldehydes is 1. The van der Waals surface area contributed by atoms with Crippen molar-refractivity contribution in [1.29, 1.82) is 0 Å². The summed E-state index contributed by atoms with van der Waals surface area (Å²) in [6, 6.07) is 0. The van der Waals surface area contributed by atoms with Crippen LogP contribution in [-0.2, 0) is 0 Å². The Labute approximate surface area is 93.2 Å². The summed E-state index contributed by atoms with van der Waals surface area (Å²) >= 11 is 0. The van der Waals surface area contributed by atoms with Gasteiger partial charge in [-0.3, -0.25) is 4.79 Å². The molecule has 0 saturated carbocycles. The van der Waals surface area contributed by atoms with Crippen molar-refractivity contribution in [2.24, 2.45) is 0 Å². The maximum atomic E-state index is 10.4. The first-order chi connectivity index (χ1) is 7.70. The average Bonchev–Trinajstić information content (AvgIpc) is 2.78. The molecule has 5 heteroatoms. The quantitative estimate of drug-likeness (QED) is 0.731. The van der Waals surface area contributed by atoms with Crippen molar-refractivity contribution in [2.45, 2.75) is 19.8 Å². The second-order valence-corrected chi connectivity index (χ2v) is 3.81. The Morgan fingerprint density at radius 1 is 1.25 bits per heavy atom. The van der Waals surface area contributed by atoms with E-state index in [4.69, 9.17) is 0 Å². The second-order valence-electron chi connectivity index (χ2n) is 3.81. The molecule has 0 aliphatic carbocycles. The Bertz CT molecular complexity index is 487. The first-order valence-electron chi connectivity index (χ1n) is 5.03. The highest BCUT2D eigenvalue weighted by Gasteiger charge is 2.05. The third-order valence-corrected chi connectivity index (χ3v) is 2.27. The van der Waals surface area contributed by atoms with Crippen LogP contribution in [0.2, 0.25) is 0 Å². The van der Waals surface area contributed by atoms with E-state index in [2.05, 4.69) is 28.9 Å². The molecule has 0 aliphatic rings. The normalized spacial score (nSPS) is 10.7. The predicted molar refractivity (Wildman–Crippen MR) is 58.6 cm³/mol. The Balaban J connectivity index is 2.31. The van der Waals surface area contributed by atoms with E-state index in [1.165, 1.54) is 12.4 Å². The van der Waals surface area contributed by atoms with Gasteiger partial charge in [0.2, 0.25) is 5.95 Å². The van der Waals surface area contributed by atoms with E-state index in [9.17, 15) is 4.79 Å². The molecule has 0 spiro atoms. The number of nitrogens with zero attached hydrogens (tertiary/aromatic N) is 4. The molecule has 0 fully saturated rings. The van der Waals surface area contributed by atoms with Crippen LogP contribution in [0.4, 0.5) is 0 Å². The average molecular weight is 216 g/mol. The lowest BCUT2D eigenvalue weighted by Gasteiger charge is -1.99. The van der Waals surface area contributed by atoms with Gasteiger partial charge < -0.3 is 0 Å². The zero-order valence-electron chi connectivity index (χ0n) is 9.16. The fraction of sp³-hybridized carbons (Fsp3) is 0.273. The van der Waals surface area contributed by atoms with Gasteiger partial charge in [-0.25, -0.2) is 14.6 Å². The molecule has 82 valence electrons. The lowest BCUT2D eigenvalue weighted by atomic mass is 10.1. The highest BCUT2D eigenvalue weighted by molar-refractivity contribution is 5.73. The first kappa shape index (κ1) is 10.5. The standard InChI is InChI=1S/C11H12N4O/c1-8(2)10-5-14-15(6-10)11-12-3-9(7-16)4-13-11/h3-8H,1-2H3. The Morgan fingerprint density at radius 3 is 2.44 bits per heavy atom. The molecule has 0 amide bonds. The fourth-order valence-corrected chi connectivity index (χ4v) is 1.25. The molecule has 0 aromatic carbocycles. The molecule has 5 nitrogen and oxygen atoms in total. The van der Waals surface area contributed by atoms with Crippen molar-refractivity contribution < 1.29 is 4.79 Å². The molecule has 0 radical (unpaired) electrons. The molecule has 0 unspecified atom stereocenters. The van der Waals surface area contributed by atoms with E-state index in [1.54, 1.807) is 10.9 Å². The van der Waals surface area contributed by atoms with Gasteiger partial charge in [0.05, 0.1) is 11.8 Å². The monoisotopic (exact) mass is 216 g/mol. The van der Waals surface area contributed by atoms with Crippen LogP contribution in [0, 0.1) is 0 Å². The number of carbonyl (C=O) groups is 1. The van der Waals surface area contributed by atoms with Crippen LogP contribution in [0.3, 0.4) is 0 Å². The zero-order chi connectivity index (χ0) is 11.5. The van der Waals surface area contributed by atoms with Gasteiger partial charge in [0.15, 0.2) is 6.29 Å². The van der Waals surface area contributed by atoms with Gasteiger partial charge in [-0.1, -0.05) is 13.8 Å². The van der Waals surface area contributed by atoms with E-state index in [0.717, 1.165) is 5.56 Å². The van der Waals surface area contributed by atoms with Crippen LogP contribution >= 0.6 is 0 Å². The smallest absolute Gasteiger partial charge is 0.250 e. The van der Waals surface area contributed by atoms with E-state index in [1.807, 2.05) is 6.20 Å². The maximum absolute atomic E-state index is 10.4. The largest absolute Gasteiger partial charge is 0.298 e. The van der Waals surface area contributed by atoms with Crippen molar-refractivity contribution >= 4 is 6.29 Å². The molecule has 2 rings (SSSR count). The SMILES string of the molecule is CC(C)c1cnn(-c2ncc(C=O)cn2)c1. The van der Waals surface area contributed by atoms with E-state index in [-0.39, 0.29) is 0 Å². The van der Waals surface area contributed by atoms with Crippen molar-refractivity contribution in [3.8, 4) is 5.95 Å². The van der Waals surface area contributed by atoms with Gasteiger partial charge in [0.25, 0.3) is 0 Å². The predicted octanol–water partition coefficient (Wildman–Crippen LogP) is 1.60. The van der Waals surface area contributed by atoms with Crippen LogP contribution < -0.4 is 0 Å². The Morgan fingerprint density at radius 2 is 1.94 bits per heavy atom. The number of rotatable bonds is 3. The minimum atomic E-state index is 0.419. The van der Waals surface area contributed by atoms with Crippen LogP contribution in [0.15, 0.2) is 24.8 Å². The molecule has 16 heavy (non-hydrogen) atoms. The lowest BCUT2D eigenvalue weighted by Crippen LogP contribution is -2.01. The molecule has 0 aliphatic heterocycles. The third-order valence-electron chi connectivity index (χ3n) is 2.27. The van der Waals surface area contributed by atoms with Crippen LogP contribution in [0.25, 0.3) is 5.95 Å². The maximum Gasteiger partial charge on any atom is 0.250 e. The highest BCUT2D eigenvalue weighted by Crippen LogP contribution is 2.13. The van der Waals surface area contributed by atoms with Gasteiger partial charge in [-0.15, -0.1) is 0 Å². The fourth-order valence-electron chi connectivity index (χ4n) is 1.25.